The van der Waals surface area contributed by atoms with Gasteiger partial charge in [-0.3, -0.25) is 14.4 Å². The number of rotatable bonds is 8. The summed E-state index contributed by atoms with van der Waals surface area (Å²) in [6.45, 7) is 1.30. The third-order valence-corrected chi connectivity index (χ3v) is 5.86. The lowest BCUT2D eigenvalue weighted by molar-refractivity contribution is -0.135. The Kier molecular flexibility index (Phi) is 6.03. The standard InChI is InChI=1S/C28H24O3/c1-19(29)27(30)18-8-17-26(24-15-6-11-20-9-2-4-13-22(20)24)28(31)25-16-7-12-21-10-3-5-14-23(21)25/h2-7,9-16,26H,8,17-18H2,1H3. The minimum atomic E-state index is -0.429. The molecule has 0 aliphatic carbocycles. The molecule has 1 unspecified atom stereocenters. The van der Waals surface area contributed by atoms with Crippen LogP contribution < -0.4 is 0 Å². The number of fused-ring (bicyclic) bond motifs is 2. The van der Waals surface area contributed by atoms with Crippen molar-refractivity contribution in [1.29, 1.82) is 0 Å². The van der Waals surface area contributed by atoms with E-state index >= 15 is 0 Å². The van der Waals surface area contributed by atoms with Crippen molar-refractivity contribution < 1.29 is 14.4 Å². The fourth-order valence-corrected chi connectivity index (χ4v) is 4.25. The summed E-state index contributed by atoms with van der Waals surface area (Å²) in [6.07, 6.45) is 1.16. The van der Waals surface area contributed by atoms with Crippen molar-refractivity contribution in [2.45, 2.75) is 32.1 Å². The molecule has 0 saturated carbocycles. The van der Waals surface area contributed by atoms with Crippen molar-refractivity contribution in [1.82, 2.24) is 0 Å². The van der Waals surface area contributed by atoms with Crippen LogP contribution in [0.1, 0.15) is 48.0 Å². The molecule has 4 aromatic rings. The molecule has 0 heterocycles. The first kappa shape index (κ1) is 20.7. The molecule has 0 spiro atoms. The molecule has 1 atom stereocenters. The molecule has 0 saturated heterocycles. The van der Waals surface area contributed by atoms with E-state index in [9.17, 15) is 14.4 Å². The first-order chi connectivity index (χ1) is 15.1. The Morgan fingerprint density at radius 1 is 0.710 bits per heavy atom. The molecule has 4 aromatic carbocycles. The lowest BCUT2D eigenvalue weighted by Crippen LogP contribution is -2.16. The number of carbonyl (C=O) groups is 3. The molecule has 0 aromatic heterocycles. The summed E-state index contributed by atoms with van der Waals surface area (Å²) in [5, 5.41) is 4.08. The van der Waals surface area contributed by atoms with Gasteiger partial charge in [-0.15, -0.1) is 0 Å². The zero-order chi connectivity index (χ0) is 21.8. The predicted molar refractivity (Wildman–Crippen MR) is 125 cm³/mol. The van der Waals surface area contributed by atoms with E-state index < -0.39 is 11.7 Å². The SMILES string of the molecule is CC(=O)C(=O)CCCC(C(=O)c1cccc2ccccc12)c1cccc2ccccc12. The van der Waals surface area contributed by atoms with Gasteiger partial charge in [-0.05, 0) is 39.9 Å². The summed E-state index contributed by atoms with van der Waals surface area (Å²) < 4.78 is 0. The highest BCUT2D eigenvalue weighted by atomic mass is 16.2. The summed E-state index contributed by atoms with van der Waals surface area (Å²) in [6, 6.07) is 27.7. The van der Waals surface area contributed by atoms with Gasteiger partial charge in [0.05, 0.1) is 0 Å². The van der Waals surface area contributed by atoms with Gasteiger partial charge < -0.3 is 0 Å². The van der Waals surface area contributed by atoms with Gasteiger partial charge >= 0.3 is 0 Å². The zero-order valence-corrected chi connectivity index (χ0v) is 17.5. The van der Waals surface area contributed by atoms with E-state index in [4.69, 9.17) is 0 Å². The maximum absolute atomic E-state index is 13.9. The molecule has 4 rings (SSSR count). The normalized spacial score (nSPS) is 12.0. The largest absolute Gasteiger partial charge is 0.293 e. The second-order valence-electron chi connectivity index (χ2n) is 7.88. The average Bonchev–Trinajstić information content (AvgIpc) is 2.80. The van der Waals surface area contributed by atoms with Crippen LogP contribution in [0.2, 0.25) is 0 Å². The first-order valence-electron chi connectivity index (χ1n) is 10.6. The third-order valence-electron chi connectivity index (χ3n) is 5.86. The van der Waals surface area contributed by atoms with Crippen LogP contribution >= 0.6 is 0 Å². The van der Waals surface area contributed by atoms with Gasteiger partial charge in [0.25, 0.3) is 0 Å². The van der Waals surface area contributed by atoms with Gasteiger partial charge in [0.15, 0.2) is 17.3 Å². The van der Waals surface area contributed by atoms with Crippen LogP contribution in [0.15, 0.2) is 84.9 Å². The van der Waals surface area contributed by atoms with Gasteiger partial charge in [0, 0.05) is 24.8 Å². The van der Waals surface area contributed by atoms with Crippen molar-refractivity contribution in [2.24, 2.45) is 0 Å². The minimum absolute atomic E-state index is 0.0448. The van der Waals surface area contributed by atoms with Gasteiger partial charge in [-0.1, -0.05) is 84.9 Å². The molecule has 0 fully saturated rings. The summed E-state index contributed by atoms with van der Waals surface area (Å²) >= 11 is 0. The number of benzene rings is 4. The van der Waals surface area contributed by atoms with Crippen LogP contribution in [-0.2, 0) is 9.59 Å². The van der Waals surface area contributed by atoms with E-state index in [-0.39, 0.29) is 18.0 Å². The lowest BCUT2D eigenvalue weighted by atomic mass is 9.82. The Hall–Kier alpha value is -3.59. The fourth-order valence-electron chi connectivity index (χ4n) is 4.25. The number of hydrogen-bond acceptors (Lipinski definition) is 3. The minimum Gasteiger partial charge on any atom is -0.293 e. The smallest absolute Gasteiger partial charge is 0.198 e. The second-order valence-corrected chi connectivity index (χ2v) is 7.88. The fraction of sp³-hybridized carbons (Fsp3) is 0.179. The maximum atomic E-state index is 13.9. The molecule has 0 amide bonds. The second kappa shape index (κ2) is 9.05. The molecule has 0 aliphatic rings. The van der Waals surface area contributed by atoms with Crippen LogP contribution in [-0.4, -0.2) is 17.3 Å². The molecule has 0 aliphatic heterocycles. The predicted octanol–water partition coefficient (Wildman–Crippen LogP) is 6.29. The third kappa shape index (κ3) is 4.31. The molecular weight excluding hydrogens is 384 g/mol. The Morgan fingerprint density at radius 3 is 2.00 bits per heavy atom. The molecular formula is C28H24O3. The molecule has 0 radical (unpaired) electrons. The van der Waals surface area contributed by atoms with E-state index in [1.807, 2.05) is 84.9 Å². The molecule has 3 nitrogen and oxygen atoms in total. The van der Waals surface area contributed by atoms with Gasteiger partial charge in [-0.25, -0.2) is 0 Å². The molecule has 0 N–H and O–H groups in total. The zero-order valence-electron chi connectivity index (χ0n) is 17.5. The Bertz CT molecular complexity index is 1280. The summed E-state index contributed by atoms with van der Waals surface area (Å²) in [5.41, 5.74) is 1.65. The summed E-state index contributed by atoms with van der Waals surface area (Å²) in [4.78, 5) is 37.1. The van der Waals surface area contributed by atoms with E-state index in [0.29, 0.717) is 18.4 Å². The van der Waals surface area contributed by atoms with Gasteiger partial charge in [0.2, 0.25) is 0 Å². The van der Waals surface area contributed by atoms with Crippen molar-refractivity contribution in [2.75, 3.05) is 0 Å². The van der Waals surface area contributed by atoms with Crippen LogP contribution in [0, 0.1) is 0 Å². The first-order valence-corrected chi connectivity index (χ1v) is 10.6. The molecule has 3 heteroatoms. The van der Waals surface area contributed by atoms with Crippen LogP contribution in [0.4, 0.5) is 0 Å². The van der Waals surface area contributed by atoms with Crippen molar-refractivity contribution in [3.8, 4) is 0 Å². The van der Waals surface area contributed by atoms with Gasteiger partial charge in [0.1, 0.15) is 0 Å². The molecule has 0 bridgehead atoms. The molecule has 31 heavy (non-hydrogen) atoms. The molecule has 154 valence electrons. The Balaban J connectivity index is 1.77. The van der Waals surface area contributed by atoms with E-state index in [0.717, 1.165) is 27.1 Å². The average molecular weight is 408 g/mol. The van der Waals surface area contributed by atoms with Crippen LogP contribution in [0.25, 0.3) is 21.5 Å². The monoisotopic (exact) mass is 408 g/mol. The van der Waals surface area contributed by atoms with Crippen LogP contribution in [0.3, 0.4) is 0 Å². The van der Waals surface area contributed by atoms with Crippen molar-refractivity contribution >= 4 is 38.9 Å². The summed E-state index contributed by atoms with van der Waals surface area (Å²) in [7, 11) is 0. The Labute approximate surface area is 181 Å². The highest BCUT2D eigenvalue weighted by Gasteiger charge is 2.25. The van der Waals surface area contributed by atoms with Crippen molar-refractivity contribution in [3.63, 3.8) is 0 Å². The van der Waals surface area contributed by atoms with E-state index in [2.05, 4.69) is 0 Å². The number of hydrogen-bond donors (Lipinski definition) is 0. The van der Waals surface area contributed by atoms with E-state index in [1.165, 1.54) is 6.92 Å². The number of ketones is 3. The van der Waals surface area contributed by atoms with Crippen LogP contribution in [0.5, 0.6) is 0 Å². The maximum Gasteiger partial charge on any atom is 0.198 e. The Morgan fingerprint density at radius 2 is 1.29 bits per heavy atom. The number of carbonyl (C=O) groups excluding carboxylic acids is 3. The van der Waals surface area contributed by atoms with Crippen molar-refractivity contribution in [3.05, 3.63) is 96.1 Å². The van der Waals surface area contributed by atoms with Gasteiger partial charge in [-0.2, -0.15) is 0 Å². The van der Waals surface area contributed by atoms with E-state index in [1.54, 1.807) is 0 Å². The quantitative estimate of drug-likeness (QED) is 0.254. The summed E-state index contributed by atoms with van der Waals surface area (Å²) in [5.74, 6) is -1.16. The highest BCUT2D eigenvalue weighted by molar-refractivity contribution is 6.36. The lowest BCUT2D eigenvalue weighted by Gasteiger charge is -2.19. The number of Topliss-reactive ketones (excluding diaryl/α,β-unsaturated/α-hetero) is 3. The highest BCUT2D eigenvalue weighted by Crippen LogP contribution is 2.34. The topological polar surface area (TPSA) is 51.2 Å².